The van der Waals surface area contributed by atoms with Crippen molar-refractivity contribution in [2.24, 2.45) is 0 Å². The predicted octanol–water partition coefficient (Wildman–Crippen LogP) is 8.52. The number of hydrogen-bond acceptors (Lipinski definition) is 6. The Morgan fingerprint density at radius 2 is 1.68 bits per heavy atom. The summed E-state index contributed by atoms with van der Waals surface area (Å²) in [5, 5.41) is 11.3. The van der Waals surface area contributed by atoms with Crippen LogP contribution in [0.2, 0.25) is 0 Å². The van der Waals surface area contributed by atoms with Crippen LogP contribution in [0.1, 0.15) is 36.2 Å². The van der Waals surface area contributed by atoms with Gasteiger partial charge in [-0.05, 0) is 82.6 Å². The van der Waals surface area contributed by atoms with Crippen molar-refractivity contribution in [1.29, 1.82) is 0 Å². The maximum absolute atomic E-state index is 10.0. The molecule has 0 aliphatic rings. The Bertz CT molecular complexity index is 1890. The zero-order chi connectivity index (χ0) is 27.8. The minimum absolute atomic E-state index is 0. The molecule has 4 aromatic heterocycles. The van der Waals surface area contributed by atoms with E-state index in [1.54, 1.807) is 0 Å². The summed E-state index contributed by atoms with van der Waals surface area (Å²) in [5.41, 5.74) is 9.46. The number of benzene rings is 2. The number of carbonyl (C=O) groups is 1. The first kappa shape index (κ1) is 28.9. The van der Waals surface area contributed by atoms with Gasteiger partial charge in [0, 0.05) is 54.4 Å². The van der Waals surface area contributed by atoms with E-state index in [1.165, 1.54) is 36.6 Å². The van der Waals surface area contributed by atoms with Crippen molar-refractivity contribution in [2.75, 3.05) is 0 Å². The van der Waals surface area contributed by atoms with Crippen molar-refractivity contribution in [3.05, 3.63) is 95.0 Å². The van der Waals surface area contributed by atoms with Crippen LogP contribution in [-0.2, 0) is 24.9 Å². The van der Waals surface area contributed by atoms with Gasteiger partial charge >= 0.3 is 0 Å². The second-order valence-electron chi connectivity index (χ2n) is 9.89. The normalized spacial score (nSPS) is 11.4. The number of aryl methyl sites for hydroxylation is 4. The van der Waals surface area contributed by atoms with E-state index in [-0.39, 0.29) is 31.6 Å². The predicted molar refractivity (Wildman–Crippen MR) is 155 cm³/mol. The molecule has 6 rings (SSSR count). The molecular formula is C33H29IrN2O4-. The molecule has 1 radical (unpaired) electrons. The van der Waals surface area contributed by atoms with Crippen LogP contribution >= 0.6 is 0 Å². The van der Waals surface area contributed by atoms with Gasteiger partial charge < -0.3 is 18.9 Å². The van der Waals surface area contributed by atoms with Crippen molar-refractivity contribution in [3.8, 4) is 22.6 Å². The fourth-order valence-electron chi connectivity index (χ4n) is 4.96. The Balaban J connectivity index is 0.000000413. The molecule has 205 valence electrons. The standard InChI is InChI=1S/C28H21N2O2.C5H8O2.Ir/c1-15-10-16(2)26(17(3)11-15)25-12-19-14-29-23(13-24(19)31-25)22-7-5-6-20-21-9-8-18(4)30-28(21)32-27(20)22;1-4(6)3-5(2)7;/h5-6,8-14H,1-4H3;3,6H,1-2H3;/q-1;;/b;4-3-;. The van der Waals surface area contributed by atoms with E-state index in [1.807, 2.05) is 37.4 Å². The number of aromatic nitrogens is 2. The van der Waals surface area contributed by atoms with E-state index in [2.05, 4.69) is 56.1 Å². The number of nitrogens with zero attached hydrogens (tertiary/aromatic N) is 2. The van der Waals surface area contributed by atoms with Crippen molar-refractivity contribution in [2.45, 2.75) is 41.5 Å². The van der Waals surface area contributed by atoms with Crippen LogP contribution in [0, 0.1) is 33.8 Å². The summed E-state index contributed by atoms with van der Waals surface area (Å²) in [6.07, 6.45) is 3.02. The average Bonchev–Trinajstić information content (AvgIpc) is 3.42. The smallest absolute Gasteiger partial charge is 0.216 e. The number of aliphatic hydroxyl groups excluding tert-OH is 1. The maximum atomic E-state index is 10.0. The van der Waals surface area contributed by atoms with Gasteiger partial charge in [-0.1, -0.05) is 28.6 Å². The Morgan fingerprint density at radius 1 is 0.950 bits per heavy atom. The third-order valence-electron chi connectivity index (χ3n) is 6.43. The molecule has 0 aliphatic carbocycles. The number of hydrogen-bond donors (Lipinski definition) is 1. The van der Waals surface area contributed by atoms with Crippen molar-refractivity contribution in [1.82, 2.24) is 9.97 Å². The molecule has 0 aliphatic heterocycles. The fraction of sp³-hybridized carbons (Fsp3) is 0.182. The minimum atomic E-state index is -0.125. The molecule has 0 unspecified atom stereocenters. The summed E-state index contributed by atoms with van der Waals surface area (Å²) in [5.74, 6) is 0.798. The molecule has 7 heteroatoms. The molecule has 40 heavy (non-hydrogen) atoms. The van der Waals surface area contributed by atoms with E-state index in [4.69, 9.17) is 18.9 Å². The SMILES string of the molecule is CC(=O)/C=C(/C)O.Cc1cc(C)c(-c2cc3cnc(-c4[c-]ccc5c4oc4nc(C)ccc45)cc3o2)c(C)c1.[Ir]. The Hall–Kier alpha value is -4.06. The van der Waals surface area contributed by atoms with Crippen molar-refractivity contribution < 1.29 is 38.8 Å². The maximum Gasteiger partial charge on any atom is 0.216 e. The molecule has 0 spiro atoms. The average molecular weight is 710 g/mol. The van der Waals surface area contributed by atoms with Gasteiger partial charge in [0.1, 0.15) is 11.3 Å². The van der Waals surface area contributed by atoms with Gasteiger partial charge in [-0.15, -0.1) is 18.2 Å². The van der Waals surface area contributed by atoms with Crippen LogP contribution in [0.15, 0.2) is 75.4 Å². The number of ketones is 1. The number of fused-ring (bicyclic) bond motifs is 4. The fourth-order valence-corrected chi connectivity index (χ4v) is 4.96. The quantitative estimate of drug-likeness (QED) is 0.113. The number of allylic oxidation sites excluding steroid dienone is 2. The summed E-state index contributed by atoms with van der Waals surface area (Å²) in [6.45, 7) is 11.2. The van der Waals surface area contributed by atoms with Gasteiger partial charge in [0.15, 0.2) is 5.78 Å². The summed E-state index contributed by atoms with van der Waals surface area (Å²) in [6, 6.07) is 19.7. The summed E-state index contributed by atoms with van der Waals surface area (Å²) < 4.78 is 12.4. The van der Waals surface area contributed by atoms with E-state index >= 15 is 0 Å². The van der Waals surface area contributed by atoms with E-state index in [0.717, 1.165) is 55.6 Å². The van der Waals surface area contributed by atoms with Gasteiger partial charge in [0.05, 0.1) is 11.3 Å². The zero-order valence-corrected chi connectivity index (χ0v) is 25.6. The number of furan rings is 2. The Morgan fingerprint density at radius 3 is 2.33 bits per heavy atom. The van der Waals surface area contributed by atoms with Crippen LogP contribution in [0.25, 0.3) is 55.6 Å². The van der Waals surface area contributed by atoms with Crippen LogP contribution in [0.4, 0.5) is 0 Å². The molecule has 4 heterocycles. The summed E-state index contributed by atoms with van der Waals surface area (Å²) >= 11 is 0. The molecule has 6 nitrogen and oxygen atoms in total. The molecule has 0 saturated carbocycles. The number of pyridine rings is 2. The molecule has 6 aromatic rings. The van der Waals surface area contributed by atoms with Crippen molar-refractivity contribution in [3.63, 3.8) is 0 Å². The van der Waals surface area contributed by atoms with Gasteiger partial charge in [-0.2, -0.15) is 0 Å². The zero-order valence-electron chi connectivity index (χ0n) is 23.2. The Labute approximate surface area is 246 Å². The topological polar surface area (TPSA) is 89.4 Å². The van der Waals surface area contributed by atoms with Crippen molar-refractivity contribution >= 4 is 38.8 Å². The second-order valence-corrected chi connectivity index (χ2v) is 9.89. The first-order valence-corrected chi connectivity index (χ1v) is 12.7. The Kier molecular flexibility index (Phi) is 8.38. The molecule has 0 atom stereocenters. The first-order valence-electron chi connectivity index (χ1n) is 12.7. The third kappa shape index (κ3) is 5.76. The summed E-state index contributed by atoms with van der Waals surface area (Å²) in [7, 11) is 0. The number of carbonyl (C=O) groups excluding carboxylic acids is 1. The van der Waals surface area contributed by atoms with Crippen LogP contribution in [0.5, 0.6) is 0 Å². The molecule has 2 aromatic carbocycles. The van der Waals surface area contributed by atoms with Crippen LogP contribution in [0.3, 0.4) is 0 Å². The third-order valence-corrected chi connectivity index (χ3v) is 6.43. The molecule has 0 bridgehead atoms. The van der Waals surface area contributed by atoms with E-state index in [9.17, 15) is 4.79 Å². The monoisotopic (exact) mass is 710 g/mol. The molecule has 0 fully saturated rings. The van der Waals surface area contributed by atoms with Gasteiger partial charge in [0.25, 0.3) is 0 Å². The largest absolute Gasteiger partial charge is 0.512 e. The van der Waals surface area contributed by atoms with Crippen LogP contribution < -0.4 is 0 Å². The minimum Gasteiger partial charge on any atom is -0.512 e. The molecule has 1 N–H and O–H groups in total. The molecule has 0 saturated heterocycles. The van der Waals surface area contributed by atoms with Gasteiger partial charge in [0.2, 0.25) is 5.71 Å². The van der Waals surface area contributed by atoms with E-state index in [0.29, 0.717) is 5.71 Å². The summed E-state index contributed by atoms with van der Waals surface area (Å²) in [4.78, 5) is 19.3. The van der Waals surface area contributed by atoms with Crippen LogP contribution in [-0.4, -0.2) is 20.9 Å². The van der Waals surface area contributed by atoms with Gasteiger partial charge in [-0.3, -0.25) is 4.79 Å². The van der Waals surface area contributed by atoms with Gasteiger partial charge in [-0.25, -0.2) is 4.98 Å². The second kappa shape index (κ2) is 11.6. The first-order chi connectivity index (χ1) is 18.6. The molecular weight excluding hydrogens is 681 g/mol. The number of rotatable bonds is 3. The van der Waals surface area contributed by atoms with E-state index < -0.39 is 0 Å². The molecule has 0 amide bonds. The number of aliphatic hydroxyl groups is 1.